The molecule has 1 aromatic rings. The van der Waals surface area contributed by atoms with Crippen LogP contribution in [0.5, 0.6) is 0 Å². The van der Waals surface area contributed by atoms with Crippen molar-refractivity contribution < 1.29 is 4.39 Å². The summed E-state index contributed by atoms with van der Waals surface area (Å²) in [5.41, 5.74) is 0.716. The molecule has 0 spiro atoms. The Morgan fingerprint density at radius 1 is 1.29 bits per heavy atom. The molecule has 0 amide bonds. The zero-order valence-corrected chi connectivity index (χ0v) is 11.5. The van der Waals surface area contributed by atoms with Crippen molar-refractivity contribution in [1.82, 2.24) is 5.32 Å². The van der Waals surface area contributed by atoms with Gasteiger partial charge in [0.2, 0.25) is 0 Å². The van der Waals surface area contributed by atoms with Gasteiger partial charge in [-0.3, -0.25) is 0 Å². The van der Waals surface area contributed by atoms with E-state index in [1.165, 1.54) is 6.07 Å². The minimum absolute atomic E-state index is 0.156. The first-order valence-corrected chi connectivity index (χ1v) is 6.57. The van der Waals surface area contributed by atoms with Crippen LogP contribution in [-0.2, 0) is 6.42 Å². The number of benzene rings is 1. The summed E-state index contributed by atoms with van der Waals surface area (Å²) in [4.78, 5) is 0. The van der Waals surface area contributed by atoms with Crippen molar-refractivity contribution in [2.24, 2.45) is 11.8 Å². The minimum Gasteiger partial charge on any atom is -0.317 e. The first kappa shape index (κ1) is 14.5. The topological polar surface area (TPSA) is 12.0 Å². The molecular formula is C14H21ClFN. The molecule has 0 saturated heterocycles. The summed E-state index contributed by atoms with van der Waals surface area (Å²) in [5, 5.41) is 3.93. The summed E-state index contributed by atoms with van der Waals surface area (Å²) < 4.78 is 13.6. The van der Waals surface area contributed by atoms with Crippen LogP contribution in [0.3, 0.4) is 0 Å². The van der Waals surface area contributed by atoms with Crippen molar-refractivity contribution in [3.63, 3.8) is 0 Å². The molecule has 0 aliphatic heterocycles. The Morgan fingerprint density at radius 2 is 2.00 bits per heavy atom. The van der Waals surface area contributed by atoms with Crippen LogP contribution in [0, 0.1) is 17.7 Å². The van der Waals surface area contributed by atoms with E-state index in [1.807, 2.05) is 0 Å². The van der Waals surface area contributed by atoms with Crippen molar-refractivity contribution in [3.05, 3.63) is 34.6 Å². The Labute approximate surface area is 108 Å². The third kappa shape index (κ3) is 4.64. The van der Waals surface area contributed by atoms with Gasteiger partial charge >= 0.3 is 0 Å². The van der Waals surface area contributed by atoms with E-state index in [-0.39, 0.29) is 5.82 Å². The van der Waals surface area contributed by atoms with Crippen molar-refractivity contribution in [3.8, 4) is 0 Å². The van der Waals surface area contributed by atoms with Gasteiger partial charge in [0.05, 0.1) is 0 Å². The van der Waals surface area contributed by atoms with Crippen molar-refractivity contribution in [1.29, 1.82) is 0 Å². The molecule has 0 saturated carbocycles. The molecule has 0 heterocycles. The van der Waals surface area contributed by atoms with E-state index in [9.17, 15) is 4.39 Å². The van der Waals surface area contributed by atoms with Crippen LogP contribution in [0.4, 0.5) is 4.39 Å². The smallest absolute Gasteiger partial charge is 0.126 e. The molecule has 0 aliphatic carbocycles. The predicted octanol–water partition coefficient (Wildman–Crippen LogP) is 3.90. The molecule has 96 valence electrons. The Hall–Kier alpha value is -0.600. The van der Waals surface area contributed by atoms with E-state index in [0.717, 1.165) is 19.5 Å². The second kappa shape index (κ2) is 6.97. The van der Waals surface area contributed by atoms with Crippen LogP contribution in [0.1, 0.15) is 26.3 Å². The average molecular weight is 258 g/mol. The molecule has 0 aliphatic rings. The molecule has 1 rings (SSSR count). The highest BCUT2D eigenvalue weighted by molar-refractivity contribution is 6.30. The lowest BCUT2D eigenvalue weighted by molar-refractivity contribution is 0.364. The van der Waals surface area contributed by atoms with E-state index in [0.29, 0.717) is 22.4 Å². The zero-order valence-electron chi connectivity index (χ0n) is 10.8. The molecule has 0 radical (unpaired) electrons. The minimum atomic E-state index is -0.156. The second-order valence-corrected chi connectivity index (χ2v) is 5.14. The molecule has 3 heteroatoms. The number of rotatable bonds is 6. The lowest BCUT2D eigenvalue weighted by Crippen LogP contribution is -2.26. The maximum absolute atomic E-state index is 13.6. The molecule has 0 bridgehead atoms. The van der Waals surface area contributed by atoms with Gasteiger partial charge in [0, 0.05) is 5.02 Å². The fourth-order valence-electron chi connectivity index (χ4n) is 1.82. The lowest BCUT2D eigenvalue weighted by Gasteiger charge is -2.20. The van der Waals surface area contributed by atoms with Crippen LogP contribution < -0.4 is 5.32 Å². The number of halogens is 2. The third-order valence-corrected chi connectivity index (χ3v) is 3.47. The molecule has 2 unspecified atom stereocenters. The molecule has 17 heavy (non-hydrogen) atoms. The van der Waals surface area contributed by atoms with Gasteiger partial charge < -0.3 is 5.32 Å². The van der Waals surface area contributed by atoms with Gasteiger partial charge in [0.15, 0.2) is 0 Å². The van der Waals surface area contributed by atoms with E-state index < -0.39 is 0 Å². The largest absolute Gasteiger partial charge is 0.317 e. The van der Waals surface area contributed by atoms with E-state index in [1.54, 1.807) is 12.1 Å². The van der Waals surface area contributed by atoms with Crippen molar-refractivity contribution in [2.45, 2.75) is 27.2 Å². The Morgan fingerprint density at radius 3 is 2.65 bits per heavy atom. The molecule has 2 atom stereocenters. The van der Waals surface area contributed by atoms with Crippen LogP contribution in [0.25, 0.3) is 0 Å². The van der Waals surface area contributed by atoms with Crippen LogP contribution in [0.15, 0.2) is 18.2 Å². The molecule has 1 nitrogen and oxygen atoms in total. The summed E-state index contributed by atoms with van der Waals surface area (Å²) >= 11 is 5.88. The molecule has 1 aromatic carbocycles. The van der Waals surface area contributed by atoms with Crippen LogP contribution in [-0.4, -0.2) is 13.1 Å². The predicted molar refractivity (Wildman–Crippen MR) is 72.0 cm³/mol. The maximum atomic E-state index is 13.6. The molecular weight excluding hydrogens is 237 g/mol. The summed E-state index contributed by atoms with van der Waals surface area (Å²) in [6.07, 6.45) is 0.735. The quantitative estimate of drug-likeness (QED) is 0.815. The highest BCUT2D eigenvalue weighted by atomic mass is 35.5. The summed E-state index contributed by atoms with van der Waals surface area (Å²) in [6, 6.07) is 4.76. The lowest BCUT2D eigenvalue weighted by atomic mass is 9.89. The summed E-state index contributed by atoms with van der Waals surface area (Å²) in [6.45, 7) is 8.38. The molecule has 1 N–H and O–H groups in total. The first-order valence-electron chi connectivity index (χ1n) is 6.19. The highest BCUT2D eigenvalue weighted by Gasteiger charge is 2.14. The van der Waals surface area contributed by atoms with Crippen molar-refractivity contribution in [2.75, 3.05) is 13.1 Å². The SMILES string of the molecule is CCNCC(C)C(C)Cc1cc(Cl)ccc1F. The first-order chi connectivity index (χ1) is 8.04. The number of hydrogen-bond acceptors (Lipinski definition) is 1. The van der Waals surface area contributed by atoms with Gasteiger partial charge in [0.25, 0.3) is 0 Å². The fourth-order valence-corrected chi connectivity index (χ4v) is 2.02. The maximum Gasteiger partial charge on any atom is 0.126 e. The Bertz CT molecular complexity index is 354. The second-order valence-electron chi connectivity index (χ2n) is 4.70. The standard InChI is InChI=1S/C14H21ClFN/c1-4-17-9-11(3)10(2)7-12-8-13(15)5-6-14(12)16/h5-6,8,10-11,17H,4,7,9H2,1-3H3. The van der Waals surface area contributed by atoms with Crippen LogP contribution >= 0.6 is 11.6 Å². The summed E-state index contributed by atoms with van der Waals surface area (Å²) in [7, 11) is 0. The van der Waals surface area contributed by atoms with E-state index in [4.69, 9.17) is 11.6 Å². The normalized spacial score (nSPS) is 14.6. The van der Waals surface area contributed by atoms with E-state index in [2.05, 4.69) is 26.1 Å². The van der Waals surface area contributed by atoms with E-state index >= 15 is 0 Å². The van der Waals surface area contributed by atoms with Gasteiger partial charge in [-0.25, -0.2) is 4.39 Å². The van der Waals surface area contributed by atoms with Gasteiger partial charge in [-0.1, -0.05) is 32.4 Å². The van der Waals surface area contributed by atoms with Gasteiger partial charge in [-0.15, -0.1) is 0 Å². The van der Waals surface area contributed by atoms with Gasteiger partial charge in [-0.05, 0) is 55.1 Å². The average Bonchev–Trinajstić information content (AvgIpc) is 2.30. The third-order valence-electron chi connectivity index (χ3n) is 3.24. The molecule has 0 aromatic heterocycles. The van der Waals surface area contributed by atoms with Crippen molar-refractivity contribution >= 4 is 11.6 Å². The van der Waals surface area contributed by atoms with Gasteiger partial charge in [0.1, 0.15) is 5.82 Å². The Kier molecular flexibility index (Phi) is 5.93. The highest BCUT2D eigenvalue weighted by Crippen LogP contribution is 2.21. The zero-order chi connectivity index (χ0) is 12.8. The van der Waals surface area contributed by atoms with Crippen LogP contribution in [0.2, 0.25) is 5.02 Å². The monoisotopic (exact) mass is 257 g/mol. The fraction of sp³-hybridized carbons (Fsp3) is 0.571. The number of nitrogens with one attached hydrogen (secondary N) is 1. The number of hydrogen-bond donors (Lipinski definition) is 1. The molecule has 0 fully saturated rings. The Balaban J connectivity index is 2.60. The summed E-state index contributed by atoms with van der Waals surface area (Å²) in [5.74, 6) is 0.798. The van der Waals surface area contributed by atoms with Gasteiger partial charge in [-0.2, -0.15) is 0 Å².